The lowest BCUT2D eigenvalue weighted by atomic mass is 9.66. The number of cyclic esters (lactones) is 1. The molecule has 2 aliphatic rings. The van der Waals surface area contributed by atoms with Crippen LogP contribution in [0.25, 0.3) is 0 Å². The first-order valence-electron chi connectivity index (χ1n) is 8.58. The molecule has 142 valence electrons. The summed E-state index contributed by atoms with van der Waals surface area (Å²) in [5.41, 5.74) is 1.92. The molecule has 3 N–H and O–H groups in total. The van der Waals surface area contributed by atoms with Crippen molar-refractivity contribution >= 4 is 5.97 Å². The quantitative estimate of drug-likeness (QED) is 0.709. The minimum atomic E-state index is -0.916. The molecule has 0 amide bonds. The predicted molar refractivity (Wildman–Crippen MR) is 94.1 cm³/mol. The normalized spacial score (nSPS) is 26.1. The first-order valence-corrected chi connectivity index (χ1v) is 8.58. The number of methoxy groups -OCH3 is 2. The van der Waals surface area contributed by atoms with E-state index in [9.17, 15) is 20.1 Å². The van der Waals surface area contributed by atoms with Crippen LogP contribution in [0, 0.1) is 11.8 Å². The van der Waals surface area contributed by atoms with Gasteiger partial charge in [0.05, 0.1) is 32.8 Å². The smallest absolute Gasteiger partial charge is 0.310 e. The Kier molecular flexibility index (Phi) is 4.11. The van der Waals surface area contributed by atoms with Crippen LogP contribution in [-0.2, 0) is 9.53 Å². The van der Waals surface area contributed by atoms with Crippen molar-refractivity contribution in [3.8, 4) is 23.0 Å². The average molecular weight is 372 g/mol. The maximum absolute atomic E-state index is 12.5. The van der Waals surface area contributed by atoms with Crippen molar-refractivity contribution in [2.75, 3.05) is 20.8 Å². The zero-order valence-electron chi connectivity index (χ0n) is 14.9. The van der Waals surface area contributed by atoms with Gasteiger partial charge in [0.2, 0.25) is 0 Å². The van der Waals surface area contributed by atoms with Crippen molar-refractivity contribution in [3.05, 3.63) is 47.0 Å². The highest BCUT2D eigenvalue weighted by molar-refractivity contribution is 5.78. The number of aliphatic hydroxyl groups is 1. The predicted octanol–water partition coefficient (Wildman–Crippen LogP) is 2.08. The number of phenolic OH excluding ortho intramolecular Hbond substituents is 2. The van der Waals surface area contributed by atoms with E-state index in [0.717, 1.165) is 5.56 Å². The third kappa shape index (κ3) is 2.57. The number of hydrogen-bond acceptors (Lipinski definition) is 7. The van der Waals surface area contributed by atoms with E-state index in [2.05, 4.69) is 0 Å². The molecule has 0 saturated carbocycles. The number of esters is 1. The van der Waals surface area contributed by atoms with Gasteiger partial charge < -0.3 is 29.5 Å². The molecule has 7 nitrogen and oxygen atoms in total. The fraction of sp³-hybridized carbons (Fsp3) is 0.350. The maximum atomic E-state index is 12.5. The number of rotatable bonds is 3. The van der Waals surface area contributed by atoms with Gasteiger partial charge in [0.1, 0.15) is 0 Å². The lowest BCUT2D eigenvalue weighted by Crippen LogP contribution is -2.34. The molecule has 1 fully saturated rings. The number of benzene rings is 2. The summed E-state index contributed by atoms with van der Waals surface area (Å²) in [6.45, 7) is 0.124. The molecule has 2 aromatic carbocycles. The SMILES string of the molecule is COc1cc([C@H]2c3cc(O)c(OC)cc3[C@@H](O)[C@H]3COC(=O)[C@H]23)ccc1O. The van der Waals surface area contributed by atoms with Crippen molar-refractivity contribution in [2.45, 2.75) is 12.0 Å². The van der Waals surface area contributed by atoms with E-state index in [1.54, 1.807) is 18.2 Å². The highest BCUT2D eigenvalue weighted by atomic mass is 16.5. The number of carbonyl (C=O) groups is 1. The van der Waals surface area contributed by atoms with Crippen LogP contribution in [0.2, 0.25) is 0 Å². The summed E-state index contributed by atoms with van der Waals surface area (Å²) in [5.74, 6) is -1.44. The molecule has 2 aromatic rings. The molecule has 1 aliphatic carbocycles. The fourth-order valence-corrected chi connectivity index (χ4v) is 4.21. The van der Waals surface area contributed by atoms with Crippen LogP contribution in [0.4, 0.5) is 0 Å². The Labute approximate surface area is 155 Å². The van der Waals surface area contributed by atoms with E-state index in [1.807, 2.05) is 0 Å². The third-order valence-corrected chi connectivity index (χ3v) is 5.52. The molecule has 1 saturated heterocycles. The van der Waals surface area contributed by atoms with Gasteiger partial charge in [0.25, 0.3) is 0 Å². The van der Waals surface area contributed by atoms with Gasteiger partial charge in [-0.3, -0.25) is 4.79 Å². The molecule has 0 unspecified atom stereocenters. The van der Waals surface area contributed by atoms with Crippen LogP contribution in [0.3, 0.4) is 0 Å². The fourth-order valence-electron chi connectivity index (χ4n) is 4.21. The van der Waals surface area contributed by atoms with Gasteiger partial charge >= 0.3 is 5.97 Å². The summed E-state index contributed by atoms with van der Waals surface area (Å²) in [5, 5.41) is 31.0. The van der Waals surface area contributed by atoms with E-state index in [-0.39, 0.29) is 29.6 Å². The number of phenols is 2. The lowest BCUT2D eigenvalue weighted by Gasteiger charge is -2.37. The summed E-state index contributed by atoms with van der Waals surface area (Å²) in [6, 6.07) is 7.97. The van der Waals surface area contributed by atoms with Crippen LogP contribution in [0.1, 0.15) is 28.7 Å². The number of aromatic hydroxyl groups is 2. The summed E-state index contributed by atoms with van der Waals surface area (Å²) in [4.78, 5) is 12.5. The molecular weight excluding hydrogens is 352 g/mol. The standard InChI is InChI=1S/C20H20O7/c1-25-15-5-9(3-4-13(15)21)17-10-6-14(22)16(26-2)7-11(10)19(23)12-8-27-20(24)18(12)17/h3-7,12,17-19,21-23H,8H2,1-2H3/t12-,17-,18-,19+/m0/s1. The minimum absolute atomic E-state index is 0.0135. The number of fused-ring (bicyclic) bond motifs is 2. The van der Waals surface area contributed by atoms with Gasteiger partial charge in [-0.15, -0.1) is 0 Å². The number of carbonyl (C=O) groups excluding carboxylic acids is 1. The summed E-state index contributed by atoms with van der Waals surface area (Å²) in [7, 11) is 2.88. The van der Waals surface area contributed by atoms with Gasteiger partial charge in [-0.05, 0) is 41.0 Å². The molecular formula is C20H20O7. The molecule has 4 atom stereocenters. The van der Waals surface area contributed by atoms with Crippen LogP contribution in [-0.4, -0.2) is 42.1 Å². The Hall–Kier alpha value is -2.93. The van der Waals surface area contributed by atoms with Crippen molar-refractivity contribution in [1.29, 1.82) is 0 Å². The van der Waals surface area contributed by atoms with Crippen LogP contribution in [0.5, 0.6) is 23.0 Å². The van der Waals surface area contributed by atoms with Crippen molar-refractivity contribution in [2.24, 2.45) is 11.8 Å². The van der Waals surface area contributed by atoms with E-state index >= 15 is 0 Å². The number of ether oxygens (including phenoxy) is 3. The van der Waals surface area contributed by atoms with E-state index in [0.29, 0.717) is 11.1 Å². The first kappa shape index (κ1) is 17.5. The molecule has 1 aliphatic heterocycles. The Bertz CT molecular complexity index is 907. The monoisotopic (exact) mass is 372 g/mol. The highest BCUT2D eigenvalue weighted by Gasteiger charge is 2.51. The molecule has 27 heavy (non-hydrogen) atoms. The van der Waals surface area contributed by atoms with Crippen molar-refractivity contribution in [3.63, 3.8) is 0 Å². The lowest BCUT2D eigenvalue weighted by molar-refractivity contribution is -0.141. The van der Waals surface area contributed by atoms with Gasteiger partial charge in [-0.2, -0.15) is 0 Å². The van der Waals surface area contributed by atoms with Crippen molar-refractivity contribution in [1.82, 2.24) is 0 Å². The zero-order chi connectivity index (χ0) is 19.3. The van der Waals surface area contributed by atoms with Crippen molar-refractivity contribution < 1.29 is 34.3 Å². The average Bonchev–Trinajstić information content (AvgIpc) is 3.04. The third-order valence-electron chi connectivity index (χ3n) is 5.52. The van der Waals surface area contributed by atoms with Crippen LogP contribution < -0.4 is 9.47 Å². The Morgan fingerprint density at radius 2 is 1.70 bits per heavy atom. The molecule has 7 heteroatoms. The second-order valence-corrected chi connectivity index (χ2v) is 6.83. The Morgan fingerprint density at radius 1 is 1.00 bits per heavy atom. The Balaban J connectivity index is 1.94. The van der Waals surface area contributed by atoms with Gasteiger partial charge in [-0.25, -0.2) is 0 Å². The summed E-state index contributed by atoms with van der Waals surface area (Å²) in [6.07, 6.45) is -0.916. The highest BCUT2D eigenvalue weighted by Crippen LogP contribution is 2.53. The second-order valence-electron chi connectivity index (χ2n) is 6.83. The van der Waals surface area contributed by atoms with Crippen LogP contribution in [0.15, 0.2) is 30.3 Å². The largest absolute Gasteiger partial charge is 0.504 e. The molecule has 0 aromatic heterocycles. The van der Waals surface area contributed by atoms with Gasteiger partial charge in [0.15, 0.2) is 23.0 Å². The molecule has 4 rings (SSSR count). The van der Waals surface area contributed by atoms with Gasteiger partial charge in [-0.1, -0.05) is 6.07 Å². The topological polar surface area (TPSA) is 105 Å². The second kappa shape index (κ2) is 6.35. The molecule has 0 spiro atoms. The molecule has 1 heterocycles. The van der Waals surface area contributed by atoms with E-state index in [1.165, 1.54) is 26.4 Å². The van der Waals surface area contributed by atoms with Crippen LogP contribution >= 0.6 is 0 Å². The zero-order valence-corrected chi connectivity index (χ0v) is 14.9. The molecule has 0 radical (unpaired) electrons. The molecule has 0 bridgehead atoms. The Morgan fingerprint density at radius 3 is 2.41 bits per heavy atom. The van der Waals surface area contributed by atoms with E-state index in [4.69, 9.17) is 14.2 Å². The first-order chi connectivity index (χ1) is 13.0. The number of hydrogen-bond donors (Lipinski definition) is 3. The minimum Gasteiger partial charge on any atom is -0.504 e. The summed E-state index contributed by atoms with van der Waals surface area (Å²) < 4.78 is 15.6. The maximum Gasteiger partial charge on any atom is 0.310 e. The van der Waals surface area contributed by atoms with Gasteiger partial charge in [0, 0.05) is 11.8 Å². The number of aliphatic hydroxyl groups excluding tert-OH is 1. The summed E-state index contributed by atoms with van der Waals surface area (Å²) >= 11 is 0. The van der Waals surface area contributed by atoms with E-state index < -0.39 is 29.8 Å².